The number of amides is 1. The van der Waals surface area contributed by atoms with E-state index in [1.54, 1.807) is 0 Å². The molecule has 6 nitrogen and oxygen atoms in total. The van der Waals surface area contributed by atoms with Crippen molar-refractivity contribution in [2.45, 2.75) is 71.8 Å². The summed E-state index contributed by atoms with van der Waals surface area (Å²) >= 11 is 0. The van der Waals surface area contributed by atoms with E-state index < -0.39 is 0 Å². The van der Waals surface area contributed by atoms with Gasteiger partial charge in [-0.15, -0.1) is 0 Å². The van der Waals surface area contributed by atoms with Crippen molar-refractivity contribution in [3.8, 4) is 11.4 Å². The quantitative estimate of drug-likeness (QED) is 0.220. The molecule has 0 bridgehead atoms. The molecule has 1 fully saturated rings. The highest BCUT2D eigenvalue weighted by atomic mass is 16.2. The third kappa shape index (κ3) is 5.80. The van der Waals surface area contributed by atoms with Crippen molar-refractivity contribution in [3.05, 3.63) is 54.2 Å². The zero-order valence-corrected chi connectivity index (χ0v) is 23.2. The van der Waals surface area contributed by atoms with Crippen LogP contribution in [0.3, 0.4) is 0 Å². The first-order chi connectivity index (χ1) is 18.7. The normalized spacial score (nSPS) is 14.5. The van der Waals surface area contributed by atoms with Crippen molar-refractivity contribution in [1.82, 2.24) is 24.3 Å². The number of fused-ring (bicyclic) bond motifs is 2. The van der Waals surface area contributed by atoms with Gasteiger partial charge in [0.15, 0.2) is 0 Å². The maximum Gasteiger partial charge on any atom is 0.253 e. The maximum atomic E-state index is 13.6. The average molecular weight is 514 g/mol. The summed E-state index contributed by atoms with van der Waals surface area (Å²) in [6, 6.07) is 14.5. The molecule has 0 radical (unpaired) electrons. The Morgan fingerprint density at radius 3 is 2.47 bits per heavy atom. The van der Waals surface area contributed by atoms with Gasteiger partial charge in [-0.05, 0) is 76.0 Å². The fourth-order valence-electron chi connectivity index (χ4n) is 5.78. The second-order valence-electron chi connectivity index (χ2n) is 10.8. The van der Waals surface area contributed by atoms with Gasteiger partial charge in [-0.3, -0.25) is 4.79 Å². The number of benzene rings is 2. The van der Waals surface area contributed by atoms with Gasteiger partial charge in [0, 0.05) is 47.9 Å². The number of nitrogens with zero attached hydrogens (tertiary/aromatic N) is 4. The summed E-state index contributed by atoms with van der Waals surface area (Å²) in [5, 5.41) is 1.18. The summed E-state index contributed by atoms with van der Waals surface area (Å²) in [7, 11) is 0. The molecule has 2 aromatic carbocycles. The lowest BCUT2D eigenvalue weighted by molar-refractivity contribution is 0.0751. The van der Waals surface area contributed by atoms with Gasteiger partial charge in [-0.2, -0.15) is 0 Å². The van der Waals surface area contributed by atoms with Crippen LogP contribution in [0.15, 0.2) is 48.7 Å². The van der Waals surface area contributed by atoms with E-state index in [1.807, 2.05) is 17.0 Å². The Balaban J connectivity index is 1.50. The van der Waals surface area contributed by atoms with Gasteiger partial charge >= 0.3 is 0 Å². The van der Waals surface area contributed by atoms with Gasteiger partial charge in [0.1, 0.15) is 5.82 Å². The minimum atomic E-state index is 0.142. The summed E-state index contributed by atoms with van der Waals surface area (Å²) in [4.78, 5) is 26.8. The molecule has 6 heteroatoms. The Morgan fingerprint density at radius 2 is 1.71 bits per heavy atom. The van der Waals surface area contributed by atoms with Crippen molar-refractivity contribution in [3.63, 3.8) is 0 Å². The fourth-order valence-corrected chi connectivity index (χ4v) is 5.78. The Bertz CT molecular complexity index is 1340. The molecule has 0 unspecified atom stereocenters. The van der Waals surface area contributed by atoms with E-state index in [1.165, 1.54) is 37.7 Å². The Labute approximate surface area is 227 Å². The number of aromatic amines is 1. The first-order valence-electron chi connectivity index (χ1n) is 14.8. The highest BCUT2D eigenvalue weighted by Gasteiger charge is 2.20. The van der Waals surface area contributed by atoms with Crippen LogP contribution in [0.1, 0.15) is 75.6 Å². The zero-order chi connectivity index (χ0) is 26.3. The molecule has 0 atom stereocenters. The van der Waals surface area contributed by atoms with Crippen LogP contribution in [0.25, 0.3) is 33.3 Å². The largest absolute Gasteiger partial charge is 0.360 e. The van der Waals surface area contributed by atoms with Crippen LogP contribution >= 0.6 is 0 Å². The van der Waals surface area contributed by atoms with E-state index in [9.17, 15) is 4.79 Å². The van der Waals surface area contributed by atoms with E-state index in [0.29, 0.717) is 0 Å². The molecule has 1 aliphatic heterocycles. The molecule has 2 aromatic heterocycles. The van der Waals surface area contributed by atoms with E-state index in [-0.39, 0.29) is 5.91 Å². The summed E-state index contributed by atoms with van der Waals surface area (Å²) in [6.45, 7) is 10.4. The van der Waals surface area contributed by atoms with Crippen LogP contribution in [0.5, 0.6) is 0 Å². The van der Waals surface area contributed by atoms with Gasteiger partial charge < -0.3 is 19.4 Å². The van der Waals surface area contributed by atoms with Crippen molar-refractivity contribution >= 4 is 27.8 Å². The number of nitrogens with one attached hydrogen (secondary N) is 1. The van der Waals surface area contributed by atoms with Gasteiger partial charge in [-0.1, -0.05) is 51.3 Å². The minimum Gasteiger partial charge on any atom is -0.360 e. The molecule has 1 aliphatic rings. The predicted molar refractivity (Wildman–Crippen MR) is 158 cm³/mol. The summed E-state index contributed by atoms with van der Waals surface area (Å²) in [5.74, 6) is 1.12. The number of carbonyl (C=O) groups excluding carboxylic acids is 1. The summed E-state index contributed by atoms with van der Waals surface area (Å²) < 4.78 is 2.36. The summed E-state index contributed by atoms with van der Waals surface area (Å²) in [6.07, 6.45) is 11.4. The molecule has 4 aromatic rings. The molecule has 0 spiro atoms. The lowest BCUT2D eigenvalue weighted by Gasteiger charge is -2.26. The third-order valence-corrected chi connectivity index (χ3v) is 7.98. The molecule has 1 N–H and O–H groups in total. The lowest BCUT2D eigenvalue weighted by Crippen LogP contribution is -2.33. The molecular weight excluding hydrogens is 470 g/mol. The van der Waals surface area contributed by atoms with Gasteiger partial charge in [0.25, 0.3) is 5.91 Å². The van der Waals surface area contributed by atoms with Crippen LogP contribution < -0.4 is 0 Å². The van der Waals surface area contributed by atoms with Crippen molar-refractivity contribution in [2.24, 2.45) is 0 Å². The van der Waals surface area contributed by atoms with Crippen molar-refractivity contribution in [2.75, 3.05) is 32.7 Å². The van der Waals surface area contributed by atoms with E-state index in [2.05, 4.69) is 64.8 Å². The lowest BCUT2D eigenvalue weighted by atomic mass is 10.1. The first-order valence-corrected chi connectivity index (χ1v) is 14.8. The van der Waals surface area contributed by atoms with Crippen molar-refractivity contribution in [1.29, 1.82) is 0 Å². The number of likely N-dealkylation sites (tertiary alicyclic amines) is 1. The molecule has 1 amide bonds. The number of aromatic nitrogens is 3. The number of piperidine rings is 1. The highest BCUT2D eigenvalue weighted by molar-refractivity contribution is 5.99. The number of rotatable bonds is 12. The number of aryl methyl sites for hydroxylation is 1. The standard InChI is InChI=1S/C32H43N5O/c1-3-5-20-36(21-6-4-2)32(38)25-15-16-29-30(23-25)37(22-12-19-35-17-10-7-11-18-35)31(34-29)27-24-33-28-14-9-8-13-26(27)28/h8-9,13-16,23-24,33H,3-7,10-12,17-22H2,1-2H3. The predicted octanol–water partition coefficient (Wildman–Crippen LogP) is 7.10. The average Bonchev–Trinajstić information content (AvgIpc) is 3.54. The third-order valence-electron chi connectivity index (χ3n) is 7.98. The van der Waals surface area contributed by atoms with E-state index >= 15 is 0 Å². The Kier molecular flexibility index (Phi) is 8.79. The fraction of sp³-hybridized carbons (Fsp3) is 0.500. The molecule has 1 saturated heterocycles. The second kappa shape index (κ2) is 12.6. The molecule has 202 valence electrons. The van der Waals surface area contributed by atoms with Gasteiger partial charge in [0.05, 0.1) is 11.0 Å². The van der Waals surface area contributed by atoms with Crippen LogP contribution in [0.4, 0.5) is 0 Å². The molecule has 0 aliphatic carbocycles. The Morgan fingerprint density at radius 1 is 0.947 bits per heavy atom. The van der Waals surface area contributed by atoms with E-state index in [4.69, 9.17) is 4.98 Å². The number of H-pyrrole nitrogens is 1. The number of para-hydroxylation sites is 1. The zero-order valence-electron chi connectivity index (χ0n) is 23.2. The van der Waals surface area contributed by atoms with Crippen molar-refractivity contribution < 1.29 is 4.79 Å². The minimum absolute atomic E-state index is 0.142. The molecule has 5 rings (SSSR count). The highest BCUT2D eigenvalue weighted by Crippen LogP contribution is 2.32. The number of unbranched alkanes of at least 4 members (excludes halogenated alkanes) is 2. The molecule has 3 heterocycles. The maximum absolute atomic E-state index is 13.6. The number of imidazole rings is 1. The Hall–Kier alpha value is -3.12. The van der Waals surface area contributed by atoms with Crippen LogP contribution in [-0.2, 0) is 6.54 Å². The molecule has 0 saturated carbocycles. The van der Waals surface area contributed by atoms with E-state index in [0.717, 1.165) is 91.8 Å². The topological polar surface area (TPSA) is 57.2 Å². The molecule has 38 heavy (non-hydrogen) atoms. The molecular formula is C32H43N5O. The number of hydrogen-bond donors (Lipinski definition) is 1. The van der Waals surface area contributed by atoms with Gasteiger partial charge in [-0.25, -0.2) is 4.98 Å². The number of hydrogen-bond acceptors (Lipinski definition) is 3. The van der Waals surface area contributed by atoms with Crippen LogP contribution in [0, 0.1) is 0 Å². The second-order valence-corrected chi connectivity index (χ2v) is 10.8. The van der Waals surface area contributed by atoms with Crippen LogP contribution in [-0.4, -0.2) is 63.0 Å². The summed E-state index contributed by atoms with van der Waals surface area (Å²) in [5.41, 5.74) is 5.02. The monoisotopic (exact) mass is 513 g/mol. The first kappa shape index (κ1) is 26.5. The number of carbonyl (C=O) groups is 1. The van der Waals surface area contributed by atoms with Gasteiger partial charge in [0.2, 0.25) is 0 Å². The smallest absolute Gasteiger partial charge is 0.253 e. The van der Waals surface area contributed by atoms with Crippen LogP contribution in [0.2, 0.25) is 0 Å². The SMILES string of the molecule is CCCCN(CCCC)C(=O)c1ccc2nc(-c3c[nH]c4ccccc34)n(CCCN3CCCCC3)c2c1.